The fourth-order valence-electron chi connectivity index (χ4n) is 7.74. The second-order valence-corrected chi connectivity index (χ2v) is 13.6. The van der Waals surface area contributed by atoms with Gasteiger partial charge in [0.1, 0.15) is 22.3 Å². The van der Waals surface area contributed by atoms with Gasteiger partial charge < -0.3 is 13.7 Å². The predicted molar refractivity (Wildman–Crippen MR) is 223 cm³/mol. The molecule has 0 bridgehead atoms. The van der Waals surface area contributed by atoms with Gasteiger partial charge in [0.25, 0.3) is 0 Å². The van der Waals surface area contributed by atoms with E-state index in [4.69, 9.17) is 23.8 Å². The maximum atomic E-state index is 6.63. The number of rotatable bonds is 6. The lowest BCUT2D eigenvalue weighted by Gasteiger charge is -2.25. The van der Waals surface area contributed by atoms with Crippen LogP contribution in [0.3, 0.4) is 0 Å². The molecule has 55 heavy (non-hydrogen) atoms. The highest BCUT2D eigenvalue weighted by molar-refractivity contribution is 6.13. The number of aromatic nitrogens is 3. The SMILES string of the molecule is c1ccc(N(c2ccccc2)c2ccc3c(c2)oc2cccc(-c4nc(-c5ccc6ccccc6c5)nc(-c5cccc6c5oc5ccccc56)n4)c23)cc1. The highest BCUT2D eigenvalue weighted by atomic mass is 16.3. The third-order valence-electron chi connectivity index (χ3n) is 10.3. The summed E-state index contributed by atoms with van der Waals surface area (Å²) in [7, 11) is 0. The summed E-state index contributed by atoms with van der Waals surface area (Å²) in [6, 6.07) is 62.1. The van der Waals surface area contributed by atoms with E-state index in [1.807, 2.05) is 60.7 Å². The largest absolute Gasteiger partial charge is 0.456 e. The first-order chi connectivity index (χ1) is 27.2. The van der Waals surface area contributed by atoms with Crippen LogP contribution in [-0.2, 0) is 0 Å². The van der Waals surface area contributed by atoms with Crippen LogP contribution in [0.1, 0.15) is 0 Å². The summed E-state index contributed by atoms with van der Waals surface area (Å²) in [4.78, 5) is 17.8. The van der Waals surface area contributed by atoms with Crippen molar-refractivity contribution in [2.24, 2.45) is 0 Å². The Bertz CT molecular complexity index is 3180. The highest BCUT2D eigenvalue weighted by Gasteiger charge is 2.21. The first-order valence-corrected chi connectivity index (χ1v) is 18.3. The molecule has 3 heterocycles. The van der Waals surface area contributed by atoms with Crippen LogP contribution in [0.5, 0.6) is 0 Å². The van der Waals surface area contributed by atoms with Gasteiger partial charge >= 0.3 is 0 Å². The summed E-state index contributed by atoms with van der Waals surface area (Å²) >= 11 is 0. The summed E-state index contributed by atoms with van der Waals surface area (Å²) in [5.41, 5.74) is 8.75. The van der Waals surface area contributed by atoms with Crippen molar-refractivity contribution >= 4 is 71.7 Å². The fourth-order valence-corrected chi connectivity index (χ4v) is 7.74. The van der Waals surface area contributed by atoms with Crippen molar-refractivity contribution in [3.05, 3.63) is 182 Å². The number of fused-ring (bicyclic) bond motifs is 7. The molecule has 11 aromatic rings. The topological polar surface area (TPSA) is 68.2 Å². The van der Waals surface area contributed by atoms with Crippen molar-refractivity contribution < 1.29 is 8.83 Å². The van der Waals surface area contributed by atoms with E-state index in [-0.39, 0.29) is 0 Å². The third kappa shape index (κ3) is 5.23. The zero-order valence-corrected chi connectivity index (χ0v) is 29.4. The van der Waals surface area contributed by atoms with Gasteiger partial charge in [0.05, 0.1) is 5.56 Å². The van der Waals surface area contributed by atoms with E-state index in [1.165, 1.54) is 0 Å². The maximum absolute atomic E-state index is 6.63. The van der Waals surface area contributed by atoms with Crippen molar-refractivity contribution in [3.63, 3.8) is 0 Å². The Kier molecular flexibility index (Phi) is 7.07. The lowest BCUT2D eigenvalue weighted by Crippen LogP contribution is -2.09. The van der Waals surface area contributed by atoms with Crippen molar-refractivity contribution in [1.29, 1.82) is 0 Å². The fraction of sp³-hybridized carbons (Fsp3) is 0. The van der Waals surface area contributed by atoms with Crippen molar-refractivity contribution in [3.8, 4) is 34.2 Å². The van der Waals surface area contributed by atoms with Crippen LogP contribution in [0, 0.1) is 0 Å². The van der Waals surface area contributed by atoms with Crippen LogP contribution in [0.4, 0.5) is 17.1 Å². The van der Waals surface area contributed by atoms with Crippen LogP contribution in [0.25, 0.3) is 88.8 Å². The maximum Gasteiger partial charge on any atom is 0.167 e. The second kappa shape index (κ2) is 12.5. The molecule has 0 spiro atoms. The van der Waals surface area contributed by atoms with Gasteiger partial charge in [-0.2, -0.15) is 0 Å². The summed E-state index contributed by atoms with van der Waals surface area (Å²) in [6.45, 7) is 0. The molecule has 258 valence electrons. The number of hydrogen-bond acceptors (Lipinski definition) is 6. The molecular formula is C49H30N4O2. The minimum atomic E-state index is 0.534. The van der Waals surface area contributed by atoms with E-state index in [0.717, 1.165) is 88.4 Å². The Morgan fingerprint density at radius 1 is 0.364 bits per heavy atom. The van der Waals surface area contributed by atoms with Crippen molar-refractivity contribution in [2.45, 2.75) is 0 Å². The summed E-state index contributed by atoms with van der Waals surface area (Å²) in [5, 5.41) is 6.25. The average Bonchev–Trinajstić information content (AvgIpc) is 3.82. The standard InChI is InChI=1S/C49H30N4O2/c1-3-15-34(16-4-1)53(35-17-5-2-6-18-35)36-27-28-39-44(30-36)54-43-24-12-21-40(45(39)43)48-50-47(33-26-25-31-13-7-8-14-32(31)29-33)51-49(52-48)41-22-11-20-38-37-19-9-10-23-42(37)55-46(38)41/h1-30H. The second-order valence-electron chi connectivity index (χ2n) is 13.6. The average molecular weight is 707 g/mol. The monoisotopic (exact) mass is 706 g/mol. The zero-order valence-electron chi connectivity index (χ0n) is 29.4. The van der Waals surface area contributed by atoms with Gasteiger partial charge in [0.2, 0.25) is 0 Å². The minimum absolute atomic E-state index is 0.534. The molecule has 0 radical (unpaired) electrons. The lowest BCUT2D eigenvalue weighted by atomic mass is 10.0. The van der Waals surface area contributed by atoms with E-state index < -0.39 is 0 Å². The van der Waals surface area contributed by atoms with E-state index in [9.17, 15) is 0 Å². The number of anilines is 3. The van der Waals surface area contributed by atoms with E-state index in [0.29, 0.717) is 17.5 Å². The third-order valence-corrected chi connectivity index (χ3v) is 10.3. The van der Waals surface area contributed by atoms with E-state index >= 15 is 0 Å². The molecule has 0 aliphatic heterocycles. The molecular weight excluding hydrogens is 677 g/mol. The molecule has 11 rings (SSSR count). The molecule has 0 saturated heterocycles. The smallest absolute Gasteiger partial charge is 0.167 e. The van der Waals surface area contributed by atoms with Gasteiger partial charge in [-0.15, -0.1) is 0 Å². The number of para-hydroxylation sites is 4. The lowest BCUT2D eigenvalue weighted by molar-refractivity contribution is 0.668. The minimum Gasteiger partial charge on any atom is -0.456 e. The Morgan fingerprint density at radius 3 is 1.82 bits per heavy atom. The van der Waals surface area contributed by atoms with E-state index in [1.54, 1.807) is 0 Å². The van der Waals surface area contributed by atoms with Crippen molar-refractivity contribution in [1.82, 2.24) is 15.0 Å². The van der Waals surface area contributed by atoms with Gasteiger partial charge in [-0.05, 0) is 71.4 Å². The predicted octanol–water partition coefficient (Wildman–Crippen LogP) is 13.3. The van der Waals surface area contributed by atoms with Gasteiger partial charge in [-0.3, -0.25) is 0 Å². The van der Waals surface area contributed by atoms with Crippen LogP contribution in [0.2, 0.25) is 0 Å². The quantitative estimate of drug-likeness (QED) is 0.171. The molecule has 6 heteroatoms. The molecule has 0 amide bonds. The summed E-state index contributed by atoms with van der Waals surface area (Å²) < 4.78 is 13.1. The van der Waals surface area contributed by atoms with Crippen LogP contribution >= 0.6 is 0 Å². The zero-order chi connectivity index (χ0) is 36.3. The summed E-state index contributed by atoms with van der Waals surface area (Å²) in [6.07, 6.45) is 0. The van der Waals surface area contributed by atoms with Gasteiger partial charge in [-0.25, -0.2) is 15.0 Å². The molecule has 0 saturated carbocycles. The van der Waals surface area contributed by atoms with Crippen LogP contribution < -0.4 is 4.90 Å². The van der Waals surface area contributed by atoms with Crippen molar-refractivity contribution in [2.75, 3.05) is 4.90 Å². The summed E-state index contributed by atoms with van der Waals surface area (Å²) in [5.74, 6) is 1.66. The first-order valence-electron chi connectivity index (χ1n) is 18.3. The van der Waals surface area contributed by atoms with Crippen LogP contribution in [0.15, 0.2) is 191 Å². The Morgan fingerprint density at radius 2 is 1.00 bits per heavy atom. The Hall–Kier alpha value is -7.57. The normalized spacial score (nSPS) is 11.6. The molecule has 6 nitrogen and oxygen atoms in total. The molecule has 0 N–H and O–H groups in total. The molecule has 0 aliphatic carbocycles. The molecule has 8 aromatic carbocycles. The molecule has 3 aromatic heterocycles. The Labute approximate surface area is 315 Å². The van der Waals surface area contributed by atoms with Gasteiger partial charge in [0, 0.05) is 55.8 Å². The molecule has 0 unspecified atom stereocenters. The van der Waals surface area contributed by atoms with Gasteiger partial charge in [0.15, 0.2) is 17.5 Å². The van der Waals surface area contributed by atoms with E-state index in [2.05, 4.69) is 126 Å². The molecule has 0 atom stereocenters. The Balaban J connectivity index is 1.12. The van der Waals surface area contributed by atoms with Gasteiger partial charge in [-0.1, -0.05) is 115 Å². The number of furan rings is 2. The highest BCUT2D eigenvalue weighted by Crippen LogP contribution is 2.42. The number of nitrogens with zero attached hydrogens (tertiary/aromatic N) is 4. The number of benzene rings is 8. The first kappa shape index (κ1) is 31.0. The molecule has 0 fully saturated rings. The van der Waals surface area contributed by atoms with Crippen LogP contribution in [-0.4, -0.2) is 15.0 Å². The molecule has 0 aliphatic rings. The number of hydrogen-bond donors (Lipinski definition) is 0.